The summed E-state index contributed by atoms with van der Waals surface area (Å²) in [7, 11) is 1.81. The molecule has 0 aromatic carbocycles. The van der Waals surface area contributed by atoms with Crippen molar-refractivity contribution in [3.8, 4) is 6.07 Å². The van der Waals surface area contributed by atoms with Gasteiger partial charge in [-0.2, -0.15) is 5.26 Å². The number of hydrogen-bond donors (Lipinski definition) is 1. The van der Waals surface area contributed by atoms with E-state index in [1.54, 1.807) is 0 Å². The summed E-state index contributed by atoms with van der Waals surface area (Å²) in [5.74, 6) is 0. The summed E-state index contributed by atoms with van der Waals surface area (Å²) in [6, 6.07) is 3.12. The lowest BCUT2D eigenvalue weighted by Crippen LogP contribution is -2.54. The van der Waals surface area contributed by atoms with Gasteiger partial charge in [0.1, 0.15) is 5.54 Å². The standard InChI is InChI=1S/C15H27N3O/c1-3-17-15(12-16)8-4-5-13(11-15)18-9-6-14(19-2)7-10-18/h13-14,17H,3-11H2,1-2H3. The molecule has 0 radical (unpaired) electrons. The maximum absolute atomic E-state index is 9.52. The van der Waals surface area contributed by atoms with Gasteiger partial charge in [0.05, 0.1) is 12.2 Å². The van der Waals surface area contributed by atoms with E-state index >= 15 is 0 Å². The van der Waals surface area contributed by atoms with Crippen molar-refractivity contribution in [3.63, 3.8) is 0 Å². The van der Waals surface area contributed by atoms with E-state index in [-0.39, 0.29) is 5.54 Å². The quantitative estimate of drug-likeness (QED) is 0.843. The second kappa shape index (κ2) is 6.69. The van der Waals surface area contributed by atoms with E-state index < -0.39 is 0 Å². The van der Waals surface area contributed by atoms with Gasteiger partial charge in [0.2, 0.25) is 0 Å². The first-order chi connectivity index (χ1) is 9.23. The van der Waals surface area contributed by atoms with Crippen molar-refractivity contribution in [1.29, 1.82) is 5.26 Å². The minimum atomic E-state index is -0.282. The normalized spacial score (nSPS) is 34.1. The molecule has 1 N–H and O–H groups in total. The monoisotopic (exact) mass is 265 g/mol. The molecule has 2 atom stereocenters. The molecule has 4 nitrogen and oxygen atoms in total. The highest BCUT2D eigenvalue weighted by Gasteiger charge is 2.38. The van der Waals surface area contributed by atoms with E-state index in [0.29, 0.717) is 12.1 Å². The predicted octanol–water partition coefficient (Wildman–Crippen LogP) is 1.91. The summed E-state index contributed by atoms with van der Waals surface area (Å²) in [5.41, 5.74) is -0.282. The van der Waals surface area contributed by atoms with Crippen LogP contribution in [0.4, 0.5) is 0 Å². The molecule has 0 aromatic rings. The fraction of sp³-hybridized carbons (Fsp3) is 0.933. The van der Waals surface area contributed by atoms with Crippen LogP contribution in [-0.2, 0) is 4.74 Å². The summed E-state index contributed by atoms with van der Waals surface area (Å²) < 4.78 is 5.44. The molecule has 2 rings (SSSR count). The Morgan fingerprint density at radius 2 is 2.11 bits per heavy atom. The van der Waals surface area contributed by atoms with Crippen LogP contribution in [0.1, 0.15) is 45.4 Å². The van der Waals surface area contributed by atoms with E-state index in [0.717, 1.165) is 51.7 Å². The fourth-order valence-corrected chi connectivity index (χ4v) is 3.67. The van der Waals surface area contributed by atoms with Crippen LogP contribution in [0.2, 0.25) is 0 Å². The number of methoxy groups -OCH3 is 1. The second-order valence-corrected chi connectivity index (χ2v) is 5.95. The van der Waals surface area contributed by atoms with Crippen LogP contribution in [0.15, 0.2) is 0 Å². The number of nitrogens with one attached hydrogen (secondary N) is 1. The molecular weight excluding hydrogens is 238 g/mol. The number of piperidine rings is 1. The molecule has 19 heavy (non-hydrogen) atoms. The molecule has 0 amide bonds. The van der Waals surface area contributed by atoms with Crippen LogP contribution in [0.25, 0.3) is 0 Å². The topological polar surface area (TPSA) is 48.3 Å². The minimum Gasteiger partial charge on any atom is -0.381 e. The Hall–Kier alpha value is -0.630. The van der Waals surface area contributed by atoms with Crippen LogP contribution >= 0.6 is 0 Å². The van der Waals surface area contributed by atoms with Crippen molar-refractivity contribution in [2.24, 2.45) is 0 Å². The SMILES string of the molecule is CCNC1(C#N)CCCC(N2CCC(OC)CC2)C1. The summed E-state index contributed by atoms with van der Waals surface area (Å²) in [6.45, 7) is 5.21. The van der Waals surface area contributed by atoms with Gasteiger partial charge in [-0.3, -0.25) is 5.32 Å². The molecule has 2 unspecified atom stereocenters. The maximum atomic E-state index is 9.52. The Morgan fingerprint density at radius 1 is 1.37 bits per heavy atom. The zero-order valence-electron chi connectivity index (χ0n) is 12.3. The molecule has 2 fully saturated rings. The summed E-state index contributed by atoms with van der Waals surface area (Å²) in [5, 5.41) is 12.9. The molecule has 1 aliphatic heterocycles. The first-order valence-corrected chi connectivity index (χ1v) is 7.66. The van der Waals surface area contributed by atoms with Crippen LogP contribution in [0, 0.1) is 11.3 Å². The Bertz CT molecular complexity index is 316. The number of nitriles is 1. The highest BCUT2D eigenvalue weighted by atomic mass is 16.5. The molecule has 0 spiro atoms. The van der Waals surface area contributed by atoms with Crippen molar-refractivity contribution in [1.82, 2.24) is 10.2 Å². The molecule has 4 heteroatoms. The smallest absolute Gasteiger partial charge is 0.108 e. The van der Waals surface area contributed by atoms with Crippen LogP contribution < -0.4 is 5.32 Å². The lowest BCUT2D eigenvalue weighted by atomic mass is 9.79. The van der Waals surface area contributed by atoms with Gasteiger partial charge < -0.3 is 9.64 Å². The number of ether oxygens (including phenoxy) is 1. The Balaban J connectivity index is 1.92. The lowest BCUT2D eigenvalue weighted by molar-refractivity contribution is 0.0151. The number of likely N-dealkylation sites (tertiary alicyclic amines) is 1. The van der Waals surface area contributed by atoms with Gasteiger partial charge in [-0.1, -0.05) is 6.92 Å². The zero-order chi connectivity index (χ0) is 13.7. The van der Waals surface area contributed by atoms with Crippen LogP contribution in [-0.4, -0.2) is 49.3 Å². The van der Waals surface area contributed by atoms with E-state index in [1.807, 2.05) is 7.11 Å². The average Bonchev–Trinajstić information content (AvgIpc) is 2.48. The van der Waals surface area contributed by atoms with Crippen molar-refractivity contribution < 1.29 is 4.74 Å². The Kier molecular flexibility index (Phi) is 5.20. The molecule has 0 bridgehead atoms. The van der Waals surface area contributed by atoms with Crippen molar-refractivity contribution >= 4 is 0 Å². The predicted molar refractivity (Wildman–Crippen MR) is 75.9 cm³/mol. The molecule has 1 aliphatic carbocycles. The first kappa shape index (κ1) is 14.8. The van der Waals surface area contributed by atoms with Crippen LogP contribution in [0.5, 0.6) is 0 Å². The number of nitrogens with zero attached hydrogens (tertiary/aromatic N) is 2. The van der Waals surface area contributed by atoms with Gasteiger partial charge in [-0.15, -0.1) is 0 Å². The molecular formula is C15H27N3O. The fourth-order valence-electron chi connectivity index (χ4n) is 3.67. The molecule has 1 saturated heterocycles. The van der Waals surface area contributed by atoms with Gasteiger partial charge in [-0.05, 0) is 45.1 Å². The first-order valence-electron chi connectivity index (χ1n) is 7.66. The largest absolute Gasteiger partial charge is 0.381 e. The van der Waals surface area contributed by atoms with E-state index in [2.05, 4.69) is 23.2 Å². The highest BCUT2D eigenvalue weighted by Crippen LogP contribution is 2.32. The molecule has 2 aliphatic rings. The van der Waals surface area contributed by atoms with Crippen LogP contribution in [0.3, 0.4) is 0 Å². The lowest BCUT2D eigenvalue weighted by Gasteiger charge is -2.44. The number of rotatable bonds is 4. The van der Waals surface area contributed by atoms with E-state index in [9.17, 15) is 5.26 Å². The maximum Gasteiger partial charge on any atom is 0.108 e. The summed E-state index contributed by atoms with van der Waals surface area (Å²) in [6.07, 6.45) is 7.09. The van der Waals surface area contributed by atoms with Gasteiger partial charge in [-0.25, -0.2) is 0 Å². The minimum absolute atomic E-state index is 0.282. The van der Waals surface area contributed by atoms with Gasteiger partial charge in [0.25, 0.3) is 0 Å². The second-order valence-electron chi connectivity index (χ2n) is 5.95. The van der Waals surface area contributed by atoms with Gasteiger partial charge >= 0.3 is 0 Å². The van der Waals surface area contributed by atoms with Gasteiger partial charge in [0.15, 0.2) is 0 Å². The molecule has 108 valence electrons. The number of hydrogen-bond acceptors (Lipinski definition) is 4. The Labute approximate surface area is 117 Å². The zero-order valence-corrected chi connectivity index (χ0v) is 12.3. The van der Waals surface area contributed by atoms with E-state index in [1.165, 1.54) is 6.42 Å². The summed E-state index contributed by atoms with van der Waals surface area (Å²) >= 11 is 0. The third kappa shape index (κ3) is 3.47. The third-order valence-electron chi connectivity index (χ3n) is 4.78. The van der Waals surface area contributed by atoms with E-state index in [4.69, 9.17) is 4.74 Å². The highest BCUT2D eigenvalue weighted by molar-refractivity contribution is 5.11. The summed E-state index contributed by atoms with van der Waals surface area (Å²) in [4.78, 5) is 2.58. The van der Waals surface area contributed by atoms with Crippen molar-refractivity contribution in [2.45, 2.75) is 63.1 Å². The average molecular weight is 265 g/mol. The Morgan fingerprint density at radius 3 is 2.68 bits per heavy atom. The molecule has 1 heterocycles. The molecule has 1 saturated carbocycles. The third-order valence-corrected chi connectivity index (χ3v) is 4.78. The molecule has 0 aromatic heterocycles. The van der Waals surface area contributed by atoms with Crippen molar-refractivity contribution in [3.05, 3.63) is 0 Å². The van der Waals surface area contributed by atoms with Gasteiger partial charge in [0, 0.05) is 26.2 Å². The van der Waals surface area contributed by atoms with Crippen molar-refractivity contribution in [2.75, 3.05) is 26.7 Å².